The van der Waals surface area contributed by atoms with E-state index in [2.05, 4.69) is 5.32 Å². The Kier molecular flexibility index (Phi) is 5.66. The molecule has 1 amide bonds. The van der Waals surface area contributed by atoms with Crippen LogP contribution in [0.4, 0.5) is 4.39 Å². The number of nitrogens with one attached hydrogen (secondary N) is 1. The highest BCUT2D eigenvalue weighted by Crippen LogP contribution is 2.24. The van der Waals surface area contributed by atoms with Crippen molar-refractivity contribution in [2.24, 2.45) is 0 Å². The van der Waals surface area contributed by atoms with Crippen LogP contribution in [-0.2, 0) is 4.79 Å². The number of hydrogen-bond donors (Lipinski definition) is 1. The maximum atomic E-state index is 12.9. The van der Waals surface area contributed by atoms with E-state index in [4.69, 9.17) is 4.74 Å². The van der Waals surface area contributed by atoms with Gasteiger partial charge in [0.15, 0.2) is 0 Å². The van der Waals surface area contributed by atoms with Crippen molar-refractivity contribution >= 4 is 5.91 Å². The lowest BCUT2D eigenvalue weighted by atomic mass is 10.0. The van der Waals surface area contributed by atoms with Crippen LogP contribution in [0.1, 0.15) is 24.4 Å². The van der Waals surface area contributed by atoms with E-state index in [1.54, 1.807) is 12.1 Å². The van der Waals surface area contributed by atoms with Gasteiger partial charge in [-0.15, -0.1) is 0 Å². The zero-order valence-corrected chi connectivity index (χ0v) is 14.3. The Labute approximate surface area is 147 Å². The Morgan fingerprint density at radius 3 is 2.52 bits per heavy atom. The monoisotopic (exact) mass is 342 g/mol. The van der Waals surface area contributed by atoms with Crippen molar-refractivity contribution in [3.8, 4) is 5.75 Å². The van der Waals surface area contributed by atoms with Gasteiger partial charge >= 0.3 is 0 Å². The third-order valence-corrected chi connectivity index (χ3v) is 4.25. The van der Waals surface area contributed by atoms with Crippen LogP contribution in [0.3, 0.4) is 0 Å². The smallest absolute Gasteiger partial charge is 0.242 e. The van der Waals surface area contributed by atoms with Gasteiger partial charge in [-0.2, -0.15) is 0 Å². The summed E-state index contributed by atoms with van der Waals surface area (Å²) in [5.74, 6) is 0.358. The van der Waals surface area contributed by atoms with E-state index in [0.717, 1.165) is 18.4 Å². The van der Waals surface area contributed by atoms with Crippen LogP contribution in [0.25, 0.3) is 0 Å². The predicted octanol–water partition coefficient (Wildman–Crippen LogP) is 3.16. The number of nitrogens with zero attached hydrogens (tertiary/aromatic N) is 1. The van der Waals surface area contributed by atoms with E-state index in [-0.39, 0.29) is 17.8 Å². The summed E-state index contributed by atoms with van der Waals surface area (Å²) in [4.78, 5) is 14.7. The van der Waals surface area contributed by atoms with E-state index >= 15 is 0 Å². The van der Waals surface area contributed by atoms with Crippen molar-refractivity contribution in [3.63, 3.8) is 0 Å². The highest BCUT2D eigenvalue weighted by molar-refractivity contribution is 5.83. The SMILES string of the molecule is CN(CCOc1ccc(F)cc1)C(C(=O)NC1CC1)c1ccccc1. The third kappa shape index (κ3) is 5.03. The first-order valence-electron chi connectivity index (χ1n) is 8.57. The molecular weight excluding hydrogens is 319 g/mol. The van der Waals surface area contributed by atoms with Crippen LogP contribution >= 0.6 is 0 Å². The number of benzene rings is 2. The fourth-order valence-corrected chi connectivity index (χ4v) is 2.72. The zero-order valence-electron chi connectivity index (χ0n) is 14.3. The van der Waals surface area contributed by atoms with Gasteiger partial charge in [0.2, 0.25) is 5.91 Å². The maximum absolute atomic E-state index is 12.9. The zero-order chi connectivity index (χ0) is 17.6. The van der Waals surface area contributed by atoms with Gasteiger partial charge in [0.1, 0.15) is 24.2 Å². The highest BCUT2D eigenvalue weighted by Gasteiger charge is 2.30. The lowest BCUT2D eigenvalue weighted by molar-refractivity contribution is -0.126. The average molecular weight is 342 g/mol. The minimum Gasteiger partial charge on any atom is -0.492 e. The van der Waals surface area contributed by atoms with Crippen molar-refractivity contribution in [3.05, 3.63) is 66.0 Å². The Hall–Kier alpha value is -2.40. The molecule has 1 aliphatic rings. The average Bonchev–Trinajstić information content (AvgIpc) is 3.42. The molecule has 0 aromatic heterocycles. The van der Waals surface area contributed by atoms with E-state index in [9.17, 15) is 9.18 Å². The molecule has 25 heavy (non-hydrogen) atoms. The second-order valence-corrected chi connectivity index (χ2v) is 6.38. The van der Waals surface area contributed by atoms with Gasteiger partial charge < -0.3 is 10.1 Å². The number of carbonyl (C=O) groups is 1. The number of likely N-dealkylation sites (N-methyl/N-ethyl adjacent to an activating group) is 1. The summed E-state index contributed by atoms with van der Waals surface area (Å²) in [7, 11) is 1.91. The van der Waals surface area contributed by atoms with Crippen molar-refractivity contribution in [2.75, 3.05) is 20.2 Å². The molecule has 1 fully saturated rings. The van der Waals surface area contributed by atoms with Gasteiger partial charge in [0, 0.05) is 12.6 Å². The molecule has 4 nitrogen and oxygen atoms in total. The lowest BCUT2D eigenvalue weighted by Gasteiger charge is -2.27. The van der Waals surface area contributed by atoms with E-state index in [0.29, 0.717) is 24.9 Å². The van der Waals surface area contributed by atoms with Crippen LogP contribution in [0.15, 0.2) is 54.6 Å². The molecule has 0 aliphatic heterocycles. The largest absolute Gasteiger partial charge is 0.492 e. The Bertz CT molecular complexity index is 687. The maximum Gasteiger partial charge on any atom is 0.242 e. The molecule has 1 aliphatic carbocycles. The summed E-state index contributed by atoms with van der Waals surface area (Å²) in [6, 6.07) is 15.7. The number of ether oxygens (including phenoxy) is 1. The Morgan fingerprint density at radius 1 is 1.20 bits per heavy atom. The van der Waals surface area contributed by atoms with Gasteiger partial charge in [-0.25, -0.2) is 4.39 Å². The van der Waals surface area contributed by atoms with Crippen molar-refractivity contribution in [2.45, 2.75) is 24.9 Å². The van der Waals surface area contributed by atoms with Crippen molar-refractivity contribution < 1.29 is 13.9 Å². The molecule has 132 valence electrons. The van der Waals surface area contributed by atoms with Crippen LogP contribution < -0.4 is 10.1 Å². The highest BCUT2D eigenvalue weighted by atomic mass is 19.1. The second kappa shape index (κ2) is 8.12. The molecule has 1 N–H and O–H groups in total. The molecule has 1 unspecified atom stereocenters. The first kappa shape index (κ1) is 17.4. The molecular formula is C20H23FN2O2. The molecule has 1 saturated carbocycles. The van der Waals surface area contributed by atoms with Crippen LogP contribution in [0.5, 0.6) is 5.75 Å². The standard InChI is InChI=1S/C20H23FN2O2/c1-23(13-14-25-18-11-7-16(21)8-12-18)19(15-5-3-2-4-6-15)20(24)22-17-9-10-17/h2-8,11-12,17,19H,9-10,13-14H2,1H3,(H,22,24). The molecule has 5 heteroatoms. The molecule has 3 rings (SSSR count). The number of rotatable bonds is 8. The second-order valence-electron chi connectivity index (χ2n) is 6.38. The summed E-state index contributed by atoms with van der Waals surface area (Å²) < 4.78 is 18.6. The molecule has 2 aromatic carbocycles. The van der Waals surface area contributed by atoms with Gasteiger partial charge in [0.05, 0.1) is 0 Å². The first-order valence-corrected chi connectivity index (χ1v) is 8.57. The Morgan fingerprint density at radius 2 is 1.88 bits per heavy atom. The van der Waals surface area contributed by atoms with Gasteiger partial charge in [-0.1, -0.05) is 30.3 Å². The lowest BCUT2D eigenvalue weighted by Crippen LogP contribution is -2.41. The fourth-order valence-electron chi connectivity index (χ4n) is 2.72. The summed E-state index contributed by atoms with van der Waals surface area (Å²) in [5.41, 5.74) is 0.963. The van der Waals surface area contributed by atoms with E-state index in [1.165, 1.54) is 12.1 Å². The summed E-state index contributed by atoms with van der Waals surface area (Å²) >= 11 is 0. The molecule has 0 spiro atoms. The molecule has 0 heterocycles. The number of carbonyl (C=O) groups excluding carboxylic acids is 1. The van der Waals surface area contributed by atoms with E-state index in [1.807, 2.05) is 42.3 Å². The summed E-state index contributed by atoms with van der Waals surface area (Å²) in [6.07, 6.45) is 2.12. The normalized spacial score (nSPS) is 15.0. The molecule has 0 radical (unpaired) electrons. The summed E-state index contributed by atoms with van der Waals surface area (Å²) in [5, 5.41) is 3.08. The molecule has 2 aromatic rings. The molecule has 0 saturated heterocycles. The molecule has 0 bridgehead atoms. The fraction of sp³-hybridized carbons (Fsp3) is 0.350. The van der Waals surface area contributed by atoms with Crippen LogP contribution in [-0.4, -0.2) is 37.0 Å². The number of hydrogen-bond acceptors (Lipinski definition) is 3. The van der Waals surface area contributed by atoms with Gasteiger partial charge in [0.25, 0.3) is 0 Å². The minimum atomic E-state index is -0.349. The van der Waals surface area contributed by atoms with Crippen molar-refractivity contribution in [1.82, 2.24) is 10.2 Å². The van der Waals surface area contributed by atoms with Crippen LogP contribution in [0.2, 0.25) is 0 Å². The van der Waals surface area contributed by atoms with Crippen molar-refractivity contribution in [1.29, 1.82) is 0 Å². The quantitative estimate of drug-likeness (QED) is 0.801. The first-order chi connectivity index (χ1) is 12.1. The van der Waals surface area contributed by atoms with Crippen LogP contribution in [0, 0.1) is 5.82 Å². The number of halogens is 1. The minimum absolute atomic E-state index is 0.0259. The predicted molar refractivity (Wildman–Crippen MR) is 94.9 cm³/mol. The number of amides is 1. The van der Waals surface area contributed by atoms with Gasteiger partial charge in [-0.3, -0.25) is 9.69 Å². The topological polar surface area (TPSA) is 41.6 Å². The summed E-state index contributed by atoms with van der Waals surface area (Å²) in [6.45, 7) is 0.997. The third-order valence-electron chi connectivity index (χ3n) is 4.25. The molecule has 1 atom stereocenters. The van der Waals surface area contributed by atoms with E-state index < -0.39 is 0 Å². The Balaban J connectivity index is 1.60. The van der Waals surface area contributed by atoms with Gasteiger partial charge in [-0.05, 0) is 49.7 Å².